The highest BCUT2D eigenvalue weighted by Gasteiger charge is 2.38. The van der Waals surface area contributed by atoms with Gasteiger partial charge >= 0.3 is 0 Å². The highest BCUT2D eigenvalue weighted by atomic mass is 32.2. The van der Waals surface area contributed by atoms with Crippen LogP contribution < -0.4 is 0 Å². The van der Waals surface area contributed by atoms with E-state index in [0.717, 1.165) is 47.1 Å². The lowest BCUT2D eigenvalue weighted by molar-refractivity contribution is -0.138. The lowest BCUT2D eigenvalue weighted by atomic mass is 9.96. The molecule has 7 heteroatoms. The number of benzene rings is 1. The number of nitrogens with zero attached hydrogens (tertiary/aromatic N) is 3. The van der Waals surface area contributed by atoms with Crippen molar-refractivity contribution < 1.29 is 14.4 Å². The van der Waals surface area contributed by atoms with Crippen molar-refractivity contribution in [1.29, 1.82) is 0 Å². The fraction of sp³-hybridized carbons (Fsp3) is 0.250. The average Bonchev–Trinajstić information content (AvgIpc) is 3.08. The third-order valence-electron chi connectivity index (χ3n) is 5.40. The summed E-state index contributed by atoms with van der Waals surface area (Å²) in [6, 6.07) is 13.4. The molecule has 1 aromatic heterocycles. The predicted octanol–water partition coefficient (Wildman–Crippen LogP) is 4.43. The van der Waals surface area contributed by atoms with Gasteiger partial charge in [0.15, 0.2) is 0 Å². The quantitative estimate of drug-likeness (QED) is 0.653. The number of aromatic nitrogens is 1. The van der Waals surface area contributed by atoms with Crippen molar-refractivity contribution >= 4 is 34.9 Å². The van der Waals surface area contributed by atoms with Crippen molar-refractivity contribution in [2.75, 3.05) is 13.1 Å². The molecule has 1 atom stereocenters. The van der Waals surface area contributed by atoms with E-state index in [1.807, 2.05) is 48.5 Å². The molecule has 2 aliphatic heterocycles. The number of rotatable bonds is 5. The molecule has 2 aliphatic rings. The molecule has 2 saturated heterocycles. The number of hydrogen-bond donors (Lipinski definition) is 0. The minimum absolute atomic E-state index is 0.0702. The number of carbonyl (C=O) groups is 3. The van der Waals surface area contributed by atoms with Crippen LogP contribution >= 0.6 is 11.8 Å². The Labute approximate surface area is 185 Å². The number of amides is 3. The molecule has 0 spiro atoms. The van der Waals surface area contributed by atoms with Crippen LogP contribution in [0.1, 0.15) is 36.4 Å². The molecule has 0 radical (unpaired) electrons. The van der Waals surface area contributed by atoms with Crippen LogP contribution in [-0.4, -0.2) is 44.9 Å². The summed E-state index contributed by atoms with van der Waals surface area (Å²) < 4.78 is 0. The molecule has 3 heterocycles. The van der Waals surface area contributed by atoms with E-state index in [2.05, 4.69) is 4.98 Å². The second-order valence-corrected chi connectivity index (χ2v) is 8.44. The van der Waals surface area contributed by atoms with E-state index >= 15 is 0 Å². The Bertz CT molecular complexity index is 1020. The maximum atomic E-state index is 13.1. The smallest absolute Gasteiger partial charge is 0.294 e. The van der Waals surface area contributed by atoms with Crippen molar-refractivity contribution in [2.24, 2.45) is 0 Å². The van der Waals surface area contributed by atoms with Crippen LogP contribution in [0.2, 0.25) is 0 Å². The molecule has 3 amide bonds. The molecular weight excluding hydrogens is 410 g/mol. The SMILES string of the molecule is O=C1SC(=CC=Cc2ccccc2)C(=O)N1CC(=O)N1CCCC[C@H]1c1cccnc1. The summed E-state index contributed by atoms with van der Waals surface area (Å²) >= 11 is 0.869. The van der Waals surface area contributed by atoms with Gasteiger partial charge in [-0.3, -0.25) is 24.3 Å². The highest BCUT2D eigenvalue weighted by molar-refractivity contribution is 8.18. The fourth-order valence-corrected chi connectivity index (χ4v) is 4.63. The van der Waals surface area contributed by atoms with E-state index in [0.29, 0.717) is 11.4 Å². The van der Waals surface area contributed by atoms with Crippen LogP contribution in [0.3, 0.4) is 0 Å². The maximum absolute atomic E-state index is 13.1. The second kappa shape index (κ2) is 9.75. The minimum atomic E-state index is -0.420. The van der Waals surface area contributed by atoms with Crippen molar-refractivity contribution in [3.8, 4) is 0 Å². The van der Waals surface area contributed by atoms with Crippen LogP contribution in [-0.2, 0) is 9.59 Å². The van der Waals surface area contributed by atoms with Gasteiger partial charge in [-0.1, -0.05) is 48.6 Å². The normalized spacial score (nSPS) is 20.8. The third kappa shape index (κ3) is 4.94. The summed E-state index contributed by atoms with van der Waals surface area (Å²) in [6.45, 7) is 0.380. The average molecular weight is 434 g/mol. The Morgan fingerprint density at radius 2 is 1.97 bits per heavy atom. The van der Waals surface area contributed by atoms with E-state index in [4.69, 9.17) is 0 Å². The molecule has 0 aliphatic carbocycles. The van der Waals surface area contributed by atoms with Gasteiger partial charge in [-0.25, -0.2) is 0 Å². The lowest BCUT2D eigenvalue weighted by Gasteiger charge is -2.36. The fourth-order valence-electron chi connectivity index (χ4n) is 3.84. The van der Waals surface area contributed by atoms with Crippen LogP contribution in [0.5, 0.6) is 0 Å². The molecule has 158 valence electrons. The molecule has 6 nitrogen and oxygen atoms in total. The number of carbonyl (C=O) groups excluding carboxylic acids is 3. The number of hydrogen-bond acceptors (Lipinski definition) is 5. The predicted molar refractivity (Wildman–Crippen MR) is 121 cm³/mol. The van der Waals surface area contributed by atoms with Gasteiger partial charge in [0.2, 0.25) is 5.91 Å². The number of imide groups is 1. The van der Waals surface area contributed by atoms with Crippen LogP contribution in [0.25, 0.3) is 6.08 Å². The molecule has 31 heavy (non-hydrogen) atoms. The van der Waals surface area contributed by atoms with E-state index in [1.165, 1.54) is 0 Å². The van der Waals surface area contributed by atoms with Gasteiger partial charge in [-0.05, 0) is 54.3 Å². The van der Waals surface area contributed by atoms with E-state index in [9.17, 15) is 14.4 Å². The molecule has 4 rings (SSSR count). The summed E-state index contributed by atoms with van der Waals surface area (Å²) in [6.07, 6.45) is 11.5. The minimum Gasteiger partial charge on any atom is -0.334 e. The monoisotopic (exact) mass is 433 g/mol. The summed E-state index contributed by atoms with van der Waals surface area (Å²) in [5, 5.41) is -0.410. The zero-order valence-corrected chi connectivity index (χ0v) is 17.8. The van der Waals surface area contributed by atoms with Crippen molar-refractivity contribution in [1.82, 2.24) is 14.8 Å². The van der Waals surface area contributed by atoms with Crippen molar-refractivity contribution in [2.45, 2.75) is 25.3 Å². The Hall–Kier alpha value is -3.19. The molecule has 2 aromatic rings. The molecule has 1 aromatic carbocycles. The van der Waals surface area contributed by atoms with Gasteiger partial charge in [-0.15, -0.1) is 0 Å². The first-order chi connectivity index (χ1) is 15.1. The molecule has 0 N–H and O–H groups in total. The van der Waals surface area contributed by atoms with Gasteiger partial charge in [0, 0.05) is 18.9 Å². The zero-order chi connectivity index (χ0) is 21.6. The number of thioether (sulfide) groups is 1. The largest absolute Gasteiger partial charge is 0.334 e. The maximum Gasteiger partial charge on any atom is 0.294 e. The summed E-state index contributed by atoms with van der Waals surface area (Å²) in [7, 11) is 0. The topological polar surface area (TPSA) is 70.6 Å². The standard InChI is InChI=1S/C24H23N3O3S/c28-22(26-15-5-4-12-20(26)19-11-7-14-25-16-19)17-27-23(29)21(31-24(27)30)13-6-10-18-8-2-1-3-9-18/h1-3,6-11,13-14,16,20H,4-5,12,15,17H2/t20-/m0/s1. The third-order valence-corrected chi connectivity index (χ3v) is 6.32. The molecule has 0 bridgehead atoms. The molecule has 2 fully saturated rings. The highest BCUT2D eigenvalue weighted by Crippen LogP contribution is 2.33. The number of likely N-dealkylation sites (tertiary alicyclic amines) is 1. The molecular formula is C24H23N3O3S. The van der Waals surface area contributed by atoms with Crippen molar-refractivity contribution in [3.63, 3.8) is 0 Å². The second-order valence-electron chi connectivity index (χ2n) is 7.45. The Balaban J connectivity index is 1.44. The van der Waals surface area contributed by atoms with E-state index in [-0.39, 0.29) is 18.5 Å². The molecule has 0 unspecified atom stereocenters. The van der Waals surface area contributed by atoms with Gasteiger partial charge in [-0.2, -0.15) is 0 Å². The van der Waals surface area contributed by atoms with Gasteiger partial charge in [0.05, 0.1) is 10.9 Å². The number of allylic oxidation sites excluding steroid dienone is 2. The summed E-state index contributed by atoms with van der Waals surface area (Å²) in [4.78, 5) is 45.5. The van der Waals surface area contributed by atoms with Crippen molar-refractivity contribution in [3.05, 3.63) is 83.0 Å². The first-order valence-corrected chi connectivity index (χ1v) is 11.1. The van der Waals surface area contributed by atoms with Gasteiger partial charge in [0.25, 0.3) is 11.1 Å². The number of pyridine rings is 1. The van der Waals surface area contributed by atoms with Crippen LogP contribution in [0, 0.1) is 0 Å². The zero-order valence-electron chi connectivity index (χ0n) is 17.0. The first kappa shape index (κ1) is 21.1. The van der Waals surface area contributed by atoms with Crippen LogP contribution in [0.4, 0.5) is 4.79 Å². The van der Waals surface area contributed by atoms with Gasteiger partial charge < -0.3 is 4.90 Å². The Kier molecular flexibility index (Phi) is 6.62. The van der Waals surface area contributed by atoms with E-state index in [1.54, 1.807) is 29.4 Å². The Morgan fingerprint density at radius 3 is 2.74 bits per heavy atom. The molecule has 0 saturated carbocycles. The van der Waals surface area contributed by atoms with E-state index < -0.39 is 11.1 Å². The van der Waals surface area contributed by atoms with Gasteiger partial charge in [0.1, 0.15) is 6.54 Å². The lowest BCUT2D eigenvalue weighted by Crippen LogP contribution is -2.45. The summed E-state index contributed by atoms with van der Waals surface area (Å²) in [5.74, 6) is -0.632. The number of piperidine rings is 1. The van der Waals surface area contributed by atoms with Crippen LogP contribution in [0.15, 0.2) is 71.9 Å². The Morgan fingerprint density at radius 1 is 1.13 bits per heavy atom. The summed E-state index contributed by atoms with van der Waals surface area (Å²) in [5.41, 5.74) is 1.98. The first-order valence-electron chi connectivity index (χ1n) is 10.3.